The fourth-order valence-electron chi connectivity index (χ4n) is 2.76. The molecule has 0 radical (unpaired) electrons. The summed E-state index contributed by atoms with van der Waals surface area (Å²) in [4.78, 5) is 29.9. The molecule has 1 aliphatic rings. The van der Waals surface area contributed by atoms with Gasteiger partial charge < -0.3 is 19.1 Å². The number of carbonyl (C=O) groups excluding carboxylic acids is 2. The molecule has 1 saturated heterocycles. The molecule has 0 atom stereocenters. The molecule has 0 bridgehead atoms. The number of pyridine rings is 1. The van der Waals surface area contributed by atoms with Crippen LogP contribution in [0.4, 0.5) is 0 Å². The van der Waals surface area contributed by atoms with Gasteiger partial charge in [-0.05, 0) is 42.8 Å². The highest BCUT2D eigenvalue weighted by atomic mass is 16.5. The third-order valence-electron chi connectivity index (χ3n) is 4.29. The number of ether oxygens (including phenoxy) is 3. The van der Waals surface area contributed by atoms with E-state index in [1.807, 2.05) is 6.92 Å². The molecule has 2 heterocycles. The van der Waals surface area contributed by atoms with Crippen molar-refractivity contribution in [2.75, 3.05) is 39.5 Å². The molecule has 158 valence electrons. The lowest BCUT2D eigenvalue weighted by Crippen LogP contribution is -2.43. The first-order valence-electron chi connectivity index (χ1n) is 9.66. The number of carbonyl (C=O) groups is 2. The Morgan fingerprint density at radius 3 is 2.80 bits per heavy atom. The number of hydrogen-bond acceptors (Lipinski definition) is 7. The summed E-state index contributed by atoms with van der Waals surface area (Å²) in [5, 5.41) is 3.96. The molecule has 3 rings (SSSR count). The van der Waals surface area contributed by atoms with Crippen molar-refractivity contribution in [3.05, 3.63) is 53.9 Å². The SMILES string of the molecule is CCOc1cc(C=NNC(=O)c2cccnc2)ccc1OCC(=O)N1CCOCC1. The van der Waals surface area contributed by atoms with E-state index in [0.717, 1.165) is 0 Å². The predicted octanol–water partition coefficient (Wildman–Crippen LogP) is 1.48. The third-order valence-corrected chi connectivity index (χ3v) is 4.29. The molecule has 0 aliphatic carbocycles. The van der Waals surface area contributed by atoms with E-state index >= 15 is 0 Å². The minimum atomic E-state index is -0.356. The van der Waals surface area contributed by atoms with E-state index in [0.29, 0.717) is 55.5 Å². The van der Waals surface area contributed by atoms with Crippen molar-refractivity contribution in [1.82, 2.24) is 15.3 Å². The maximum absolute atomic E-state index is 12.3. The summed E-state index contributed by atoms with van der Waals surface area (Å²) in [6.07, 6.45) is 4.55. The minimum Gasteiger partial charge on any atom is -0.490 e. The summed E-state index contributed by atoms with van der Waals surface area (Å²) in [6, 6.07) is 8.53. The first-order chi connectivity index (χ1) is 14.7. The second-order valence-corrected chi connectivity index (χ2v) is 6.36. The van der Waals surface area contributed by atoms with Gasteiger partial charge in [0.05, 0.1) is 31.6 Å². The number of nitrogens with one attached hydrogen (secondary N) is 1. The number of hydrogen-bond donors (Lipinski definition) is 1. The highest BCUT2D eigenvalue weighted by Crippen LogP contribution is 2.28. The van der Waals surface area contributed by atoms with Crippen molar-refractivity contribution in [2.45, 2.75) is 6.92 Å². The second-order valence-electron chi connectivity index (χ2n) is 6.36. The predicted molar refractivity (Wildman–Crippen MR) is 110 cm³/mol. The van der Waals surface area contributed by atoms with Crippen LogP contribution in [0.15, 0.2) is 47.8 Å². The quantitative estimate of drug-likeness (QED) is 0.521. The van der Waals surface area contributed by atoms with E-state index in [1.54, 1.807) is 41.4 Å². The van der Waals surface area contributed by atoms with Gasteiger partial charge in [-0.3, -0.25) is 14.6 Å². The number of nitrogens with zero attached hydrogens (tertiary/aromatic N) is 3. The van der Waals surface area contributed by atoms with Crippen LogP contribution >= 0.6 is 0 Å². The van der Waals surface area contributed by atoms with Crippen LogP contribution < -0.4 is 14.9 Å². The minimum absolute atomic E-state index is 0.0747. The van der Waals surface area contributed by atoms with Gasteiger partial charge in [-0.2, -0.15) is 5.10 Å². The summed E-state index contributed by atoms with van der Waals surface area (Å²) in [5.74, 6) is 0.514. The van der Waals surface area contributed by atoms with Crippen molar-refractivity contribution in [2.24, 2.45) is 5.10 Å². The van der Waals surface area contributed by atoms with Crippen LogP contribution in [0.3, 0.4) is 0 Å². The lowest BCUT2D eigenvalue weighted by Gasteiger charge is -2.26. The van der Waals surface area contributed by atoms with Crippen molar-refractivity contribution in [1.29, 1.82) is 0 Å². The Bertz CT molecular complexity index is 882. The smallest absolute Gasteiger partial charge is 0.272 e. The third kappa shape index (κ3) is 6.02. The van der Waals surface area contributed by atoms with Crippen molar-refractivity contribution >= 4 is 18.0 Å². The molecule has 30 heavy (non-hydrogen) atoms. The van der Waals surface area contributed by atoms with E-state index in [9.17, 15) is 9.59 Å². The molecule has 1 fully saturated rings. The van der Waals surface area contributed by atoms with Crippen molar-refractivity contribution < 1.29 is 23.8 Å². The van der Waals surface area contributed by atoms with E-state index in [-0.39, 0.29) is 18.4 Å². The van der Waals surface area contributed by atoms with Crippen LogP contribution in [0.5, 0.6) is 11.5 Å². The standard InChI is InChI=1S/C21H24N4O5/c1-2-29-19-12-16(13-23-24-21(27)17-4-3-7-22-14-17)5-6-18(19)30-15-20(26)25-8-10-28-11-9-25/h3-7,12-14H,2,8-11,15H2,1H3,(H,24,27). The van der Waals surface area contributed by atoms with Crippen LogP contribution in [0.1, 0.15) is 22.8 Å². The van der Waals surface area contributed by atoms with Gasteiger partial charge in [0.15, 0.2) is 18.1 Å². The lowest BCUT2D eigenvalue weighted by atomic mass is 10.2. The van der Waals surface area contributed by atoms with Crippen molar-refractivity contribution in [3.63, 3.8) is 0 Å². The maximum Gasteiger partial charge on any atom is 0.272 e. The van der Waals surface area contributed by atoms with Crippen LogP contribution in [0.2, 0.25) is 0 Å². The average Bonchev–Trinajstić information content (AvgIpc) is 2.79. The Hall–Kier alpha value is -3.46. The van der Waals surface area contributed by atoms with Crippen molar-refractivity contribution in [3.8, 4) is 11.5 Å². The topological polar surface area (TPSA) is 102 Å². The van der Waals surface area contributed by atoms with Gasteiger partial charge in [0.1, 0.15) is 0 Å². The summed E-state index contributed by atoms with van der Waals surface area (Å²) in [7, 11) is 0. The molecule has 2 aromatic rings. The molecule has 1 aromatic heterocycles. The van der Waals surface area contributed by atoms with E-state index in [1.165, 1.54) is 12.4 Å². The first kappa shape index (κ1) is 21.3. The van der Waals surface area contributed by atoms with Crippen LogP contribution in [-0.4, -0.2) is 67.4 Å². The average molecular weight is 412 g/mol. The Morgan fingerprint density at radius 1 is 1.23 bits per heavy atom. The zero-order valence-electron chi connectivity index (χ0n) is 16.7. The Balaban J connectivity index is 1.59. The summed E-state index contributed by atoms with van der Waals surface area (Å²) in [5.41, 5.74) is 3.57. The number of morpholine rings is 1. The summed E-state index contributed by atoms with van der Waals surface area (Å²) < 4.78 is 16.6. The molecule has 1 aliphatic heterocycles. The van der Waals surface area contributed by atoms with Gasteiger partial charge in [-0.15, -0.1) is 0 Å². The second kappa shape index (κ2) is 10.9. The molecule has 2 amide bonds. The highest BCUT2D eigenvalue weighted by molar-refractivity contribution is 5.94. The molecule has 1 N–H and O–H groups in total. The molecule has 1 aromatic carbocycles. The highest BCUT2D eigenvalue weighted by Gasteiger charge is 2.18. The van der Waals surface area contributed by atoms with Gasteiger partial charge in [0.2, 0.25) is 0 Å². The molecule has 0 unspecified atom stereocenters. The molecular formula is C21H24N4O5. The lowest BCUT2D eigenvalue weighted by molar-refractivity contribution is -0.137. The van der Waals surface area contributed by atoms with Gasteiger partial charge in [0, 0.05) is 25.5 Å². The van der Waals surface area contributed by atoms with Crippen LogP contribution in [0, 0.1) is 0 Å². The Morgan fingerprint density at radius 2 is 2.07 bits per heavy atom. The first-order valence-corrected chi connectivity index (χ1v) is 9.66. The van der Waals surface area contributed by atoms with Crippen LogP contribution in [0.25, 0.3) is 0 Å². The number of aromatic nitrogens is 1. The fourth-order valence-corrected chi connectivity index (χ4v) is 2.76. The van der Waals surface area contributed by atoms with Crippen LogP contribution in [-0.2, 0) is 9.53 Å². The van der Waals surface area contributed by atoms with Gasteiger partial charge in [-0.25, -0.2) is 5.43 Å². The number of hydrazone groups is 1. The monoisotopic (exact) mass is 412 g/mol. The largest absolute Gasteiger partial charge is 0.490 e. The van der Waals surface area contributed by atoms with E-state index < -0.39 is 0 Å². The van der Waals surface area contributed by atoms with E-state index in [4.69, 9.17) is 14.2 Å². The normalized spacial score (nSPS) is 13.8. The Kier molecular flexibility index (Phi) is 7.73. The number of amides is 2. The molecule has 0 spiro atoms. The Labute approximate surface area is 174 Å². The molecule has 9 nitrogen and oxygen atoms in total. The van der Waals surface area contributed by atoms with Gasteiger partial charge in [0.25, 0.3) is 11.8 Å². The fraction of sp³-hybridized carbons (Fsp3) is 0.333. The number of rotatable bonds is 8. The van der Waals surface area contributed by atoms with Gasteiger partial charge >= 0.3 is 0 Å². The van der Waals surface area contributed by atoms with Gasteiger partial charge in [-0.1, -0.05) is 0 Å². The van der Waals surface area contributed by atoms with E-state index in [2.05, 4.69) is 15.5 Å². The molecular weight excluding hydrogens is 388 g/mol. The summed E-state index contributed by atoms with van der Waals surface area (Å²) in [6.45, 7) is 4.45. The number of benzene rings is 1. The zero-order chi connectivity index (χ0) is 21.2. The zero-order valence-corrected chi connectivity index (χ0v) is 16.7. The molecule has 9 heteroatoms. The maximum atomic E-state index is 12.3. The summed E-state index contributed by atoms with van der Waals surface area (Å²) >= 11 is 0. The molecule has 0 saturated carbocycles.